The SMILES string of the molecule is Cc1cc(=O)n(Cc2ccc(F)c(F)c2)c(C)n1. The summed E-state index contributed by atoms with van der Waals surface area (Å²) in [6, 6.07) is 4.99. The van der Waals surface area contributed by atoms with Crippen LogP contribution in [0.15, 0.2) is 29.1 Å². The Hall–Kier alpha value is -2.04. The molecule has 2 rings (SSSR count). The smallest absolute Gasteiger partial charge is 0.254 e. The van der Waals surface area contributed by atoms with E-state index in [-0.39, 0.29) is 12.1 Å². The molecule has 0 unspecified atom stereocenters. The van der Waals surface area contributed by atoms with Crippen LogP contribution in [-0.4, -0.2) is 9.55 Å². The van der Waals surface area contributed by atoms with Crippen LogP contribution in [0.4, 0.5) is 8.78 Å². The molecule has 0 radical (unpaired) electrons. The fourth-order valence-corrected chi connectivity index (χ4v) is 1.78. The number of aromatic nitrogens is 2. The van der Waals surface area contributed by atoms with Crippen molar-refractivity contribution in [1.29, 1.82) is 0 Å². The van der Waals surface area contributed by atoms with E-state index in [2.05, 4.69) is 4.98 Å². The van der Waals surface area contributed by atoms with Crippen LogP contribution in [0.5, 0.6) is 0 Å². The Morgan fingerprint density at radius 1 is 1.17 bits per heavy atom. The molecule has 0 fully saturated rings. The first-order valence-electron chi connectivity index (χ1n) is 5.46. The normalized spacial score (nSPS) is 10.7. The highest BCUT2D eigenvalue weighted by molar-refractivity contribution is 5.18. The van der Waals surface area contributed by atoms with E-state index in [1.807, 2.05) is 0 Å². The summed E-state index contributed by atoms with van der Waals surface area (Å²) >= 11 is 0. The summed E-state index contributed by atoms with van der Waals surface area (Å²) in [5.74, 6) is -1.27. The zero-order chi connectivity index (χ0) is 13.3. The van der Waals surface area contributed by atoms with Gasteiger partial charge >= 0.3 is 0 Å². The maximum atomic E-state index is 13.1. The van der Waals surface area contributed by atoms with Gasteiger partial charge in [0.15, 0.2) is 11.6 Å². The van der Waals surface area contributed by atoms with Crippen molar-refractivity contribution in [2.24, 2.45) is 0 Å². The van der Waals surface area contributed by atoms with E-state index in [0.717, 1.165) is 12.1 Å². The average molecular weight is 250 g/mol. The van der Waals surface area contributed by atoms with Crippen LogP contribution >= 0.6 is 0 Å². The Kier molecular flexibility index (Phi) is 3.23. The predicted molar refractivity (Wildman–Crippen MR) is 63.4 cm³/mol. The number of hydrogen-bond donors (Lipinski definition) is 0. The number of hydrogen-bond acceptors (Lipinski definition) is 2. The third-order valence-electron chi connectivity index (χ3n) is 2.65. The van der Waals surface area contributed by atoms with Gasteiger partial charge in [-0.3, -0.25) is 9.36 Å². The summed E-state index contributed by atoms with van der Waals surface area (Å²) < 4.78 is 27.3. The summed E-state index contributed by atoms with van der Waals surface area (Å²) in [4.78, 5) is 15.9. The standard InChI is InChI=1S/C13H12F2N2O/c1-8-5-13(18)17(9(2)16-8)7-10-3-4-11(14)12(15)6-10/h3-6H,7H2,1-2H3. The Morgan fingerprint density at radius 2 is 1.89 bits per heavy atom. The first-order chi connectivity index (χ1) is 8.47. The predicted octanol–water partition coefficient (Wildman–Crippen LogP) is 2.19. The monoisotopic (exact) mass is 250 g/mol. The van der Waals surface area contributed by atoms with Crippen LogP contribution in [0.2, 0.25) is 0 Å². The van der Waals surface area contributed by atoms with Crippen molar-refractivity contribution < 1.29 is 8.78 Å². The van der Waals surface area contributed by atoms with E-state index in [1.54, 1.807) is 13.8 Å². The van der Waals surface area contributed by atoms with E-state index in [4.69, 9.17) is 0 Å². The van der Waals surface area contributed by atoms with Gasteiger partial charge in [-0.1, -0.05) is 6.07 Å². The topological polar surface area (TPSA) is 34.9 Å². The van der Waals surface area contributed by atoms with Crippen molar-refractivity contribution in [3.05, 3.63) is 63.3 Å². The third-order valence-corrected chi connectivity index (χ3v) is 2.65. The maximum Gasteiger partial charge on any atom is 0.254 e. The molecule has 0 N–H and O–H groups in total. The maximum absolute atomic E-state index is 13.1. The van der Waals surface area contributed by atoms with Crippen molar-refractivity contribution in [1.82, 2.24) is 9.55 Å². The van der Waals surface area contributed by atoms with Gasteiger partial charge in [0, 0.05) is 11.8 Å². The van der Waals surface area contributed by atoms with Crippen LogP contribution in [-0.2, 0) is 6.54 Å². The fourth-order valence-electron chi connectivity index (χ4n) is 1.78. The van der Waals surface area contributed by atoms with E-state index < -0.39 is 11.6 Å². The Bertz CT molecular complexity index is 650. The molecule has 0 aliphatic heterocycles. The highest BCUT2D eigenvalue weighted by atomic mass is 19.2. The van der Waals surface area contributed by atoms with Crippen molar-refractivity contribution in [3.8, 4) is 0 Å². The highest BCUT2D eigenvalue weighted by Crippen LogP contribution is 2.10. The Labute approximate surface area is 103 Å². The molecule has 18 heavy (non-hydrogen) atoms. The molecule has 0 aliphatic carbocycles. The summed E-state index contributed by atoms with van der Waals surface area (Å²) in [5, 5.41) is 0. The molecule has 94 valence electrons. The van der Waals surface area contributed by atoms with Crippen LogP contribution in [0, 0.1) is 25.5 Å². The minimum Gasteiger partial charge on any atom is -0.292 e. The first-order valence-corrected chi connectivity index (χ1v) is 5.46. The van der Waals surface area contributed by atoms with Crippen LogP contribution in [0.3, 0.4) is 0 Å². The number of rotatable bonds is 2. The zero-order valence-corrected chi connectivity index (χ0v) is 10.1. The molecule has 0 bridgehead atoms. The average Bonchev–Trinajstić information content (AvgIpc) is 2.28. The van der Waals surface area contributed by atoms with Gasteiger partial charge in [0.1, 0.15) is 5.82 Å². The van der Waals surface area contributed by atoms with Crippen LogP contribution < -0.4 is 5.56 Å². The number of aryl methyl sites for hydroxylation is 2. The minimum absolute atomic E-state index is 0.176. The molecule has 1 aromatic heterocycles. The molecule has 0 saturated carbocycles. The van der Waals surface area contributed by atoms with Crippen molar-refractivity contribution in [2.45, 2.75) is 20.4 Å². The molecule has 2 aromatic rings. The van der Waals surface area contributed by atoms with Crippen LogP contribution in [0.25, 0.3) is 0 Å². The second-order valence-electron chi connectivity index (χ2n) is 4.12. The highest BCUT2D eigenvalue weighted by Gasteiger charge is 2.06. The lowest BCUT2D eigenvalue weighted by Crippen LogP contribution is -2.24. The summed E-state index contributed by atoms with van der Waals surface area (Å²) in [6.07, 6.45) is 0. The largest absolute Gasteiger partial charge is 0.292 e. The molecular formula is C13H12F2N2O. The fraction of sp³-hybridized carbons (Fsp3) is 0.231. The second kappa shape index (κ2) is 4.68. The number of benzene rings is 1. The summed E-state index contributed by atoms with van der Waals surface area (Å²) in [6.45, 7) is 3.61. The number of nitrogens with zero attached hydrogens (tertiary/aromatic N) is 2. The molecule has 0 saturated heterocycles. The van der Waals surface area contributed by atoms with Crippen molar-refractivity contribution in [2.75, 3.05) is 0 Å². The van der Waals surface area contributed by atoms with E-state index in [0.29, 0.717) is 17.1 Å². The van der Waals surface area contributed by atoms with Gasteiger partial charge in [-0.2, -0.15) is 0 Å². The molecule has 0 amide bonds. The van der Waals surface area contributed by atoms with Gasteiger partial charge in [-0.05, 0) is 31.5 Å². The lowest BCUT2D eigenvalue weighted by atomic mass is 10.2. The van der Waals surface area contributed by atoms with E-state index in [9.17, 15) is 13.6 Å². The Morgan fingerprint density at radius 3 is 2.50 bits per heavy atom. The van der Waals surface area contributed by atoms with Gasteiger partial charge in [-0.25, -0.2) is 13.8 Å². The molecular weight excluding hydrogens is 238 g/mol. The summed E-state index contributed by atoms with van der Waals surface area (Å²) in [7, 11) is 0. The van der Waals surface area contributed by atoms with E-state index in [1.165, 1.54) is 16.7 Å². The van der Waals surface area contributed by atoms with Gasteiger partial charge in [0.05, 0.1) is 6.54 Å². The second-order valence-corrected chi connectivity index (χ2v) is 4.12. The lowest BCUT2D eigenvalue weighted by molar-refractivity contribution is 0.506. The number of halogens is 2. The molecule has 0 spiro atoms. The molecule has 3 nitrogen and oxygen atoms in total. The van der Waals surface area contributed by atoms with Gasteiger partial charge in [0.2, 0.25) is 0 Å². The van der Waals surface area contributed by atoms with Gasteiger partial charge < -0.3 is 0 Å². The molecule has 1 heterocycles. The molecule has 0 atom stereocenters. The van der Waals surface area contributed by atoms with Crippen molar-refractivity contribution in [3.63, 3.8) is 0 Å². The molecule has 1 aromatic carbocycles. The van der Waals surface area contributed by atoms with Gasteiger partial charge in [-0.15, -0.1) is 0 Å². The summed E-state index contributed by atoms with van der Waals surface area (Å²) in [5.41, 5.74) is 0.952. The minimum atomic E-state index is -0.918. The van der Waals surface area contributed by atoms with Gasteiger partial charge in [0.25, 0.3) is 5.56 Å². The lowest BCUT2D eigenvalue weighted by Gasteiger charge is -2.09. The zero-order valence-electron chi connectivity index (χ0n) is 10.1. The third kappa shape index (κ3) is 2.45. The quantitative estimate of drug-likeness (QED) is 0.818. The van der Waals surface area contributed by atoms with Crippen LogP contribution in [0.1, 0.15) is 17.1 Å². The molecule has 5 heteroatoms. The Balaban J connectivity index is 2.40. The first kappa shape index (κ1) is 12.4. The van der Waals surface area contributed by atoms with E-state index >= 15 is 0 Å². The van der Waals surface area contributed by atoms with Crippen molar-refractivity contribution >= 4 is 0 Å². The molecule has 0 aliphatic rings.